The van der Waals surface area contributed by atoms with Crippen LogP contribution in [0.4, 0.5) is 5.69 Å². The van der Waals surface area contributed by atoms with E-state index in [0.717, 1.165) is 16.7 Å². The van der Waals surface area contributed by atoms with Crippen LogP contribution in [-0.2, 0) is 0 Å². The monoisotopic (exact) mass is 283 g/mol. The SMILES string of the molecule is CCN(c1cc(Br)ccc1C(=O)O)C1CC1. The molecule has 0 bridgehead atoms. The molecule has 0 heterocycles. The Morgan fingerprint density at radius 2 is 2.25 bits per heavy atom. The van der Waals surface area contributed by atoms with Gasteiger partial charge < -0.3 is 10.0 Å². The Hall–Kier alpha value is -1.03. The van der Waals surface area contributed by atoms with Gasteiger partial charge in [0, 0.05) is 17.1 Å². The molecule has 4 heteroatoms. The van der Waals surface area contributed by atoms with Gasteiger partial charge in [0.25, 0.3) is 0 Å². The molecule has 16 heavy (non-hydrogen) atoms. The zero-order valence-electron chi connectivity index (χ0n) is 9.11. The number of rotatable bonds is 4. The maximum absolute atomic E-state index is 11.2. The van der Waals surface area contributed by atoms with Crippen LogP contribution in [0, 0.1) is 0 Å². The molecular formula is C12H14BrNO2. The van der Waals surface area contributed by atoms with Crippen LogP contribution in [0.15, 0.2) is 22.7 Å². The standard InChI is InChI=1S/C12H14BrNO2/c1-2-14(9-4-5-9)11-7-8(13)3-6-10(11)12(15)16/h3,6-7,9H,2,4-5H2,1H3,(H,15,16). The first-order valence-electron chi connectivity index (χ1n) is 5.43. The zero-order valence-corrected chi connectivity index (χ0v) is 10.7. The molecule has 1 saturated carbocycles. The molecule has 0 atom stereocenters. The minimum atomic E-state index is -0.860. The second-order valence-electron chi connectivity index (χ2n) is 3.98. The first kappa shape index (κ1) is 11.5. The minimum absolute atomic E-state index is 0.386. The Labute approximate surface area is 103 Å². The lowest BCUT2D eigenvalue weighted by atomic mass is 10.1. The number of aromatic carboxylic acids is 1. The van der Waals surface area contributed by atoms with Crippen LogP contribution in [0.1, 0.15) is 30.1 Å². The van der Waals surface area contributed by atoms with Crippen molar-refractivity contribution < 1.29 is 9.90 Å². The van der Waals surface area contributed by atoms with Crippen molar-refractivity contribution in [1.29, 1.82) is 0 Å². The molecule has 1 aromatic carbocycles. The van der Waals surface area contributed by atoms with Crippen molar-refractivity contribution in [3.05, 3.63) is 28.2 Å². The van der Waals surface area contributed by atoms with Gasteiger partial charge >= 0.3 is 5.97 Å². The summed E-state index contributed by atoms with van der Waals surface area (Å²) < 4.78 is 0.923. The van der Waals surface area contributed by atoms with Crippen LogP contribution >= 0.6 is 15.9 Å². The molecule has 0 unspecified atom stereocenters. The van der Waals surface area contributed by atoms with E-state index in [4.69, 9.17) is 5.11 Å². The van der Waals surface area contributed by atoms with E-state index >= 15 is 0 Å². The topological polar surface area (TPSA) is 40.5 Å². The van der Waals surface area contributed by atoms with Gasteiger partial charge in [-0.2, -0.15) is 0 Å². The van der Waals surface area contributed by atoms with E-state index in [0.29, 0.717) is 11.6 Å². The first-order valence-corrected chi connectivity index (χ1v) is 6.22. The molecule has 0 aromatic heterocycles. The predicted octanol–water partition coefficient (Wildman–Crippen LogP) is 3.14. The van der Waals surface area contributed by atoms with E-state index < -0.39 is 5.97 Å². The second-order valence-corrected chi connectivity index (χ2v) is 4.90. The van der Waals surface area contributed by atoms with Crippen molar-refractivity contribution in [2.45, 2.75) is 25.8 Å². The summed E-state index contributed by atoms with van der Waals surface area (Å²) in [4.78, 5) is 13.3. The van der Waals surface area contributed by atoms with Gasteiger partial charge in [-0.05, 0) is 38.0 Å². The molecule has 0 radical (unpaired) electrons. The Morgan fingerprint density at radius 3 is 2.75 bits per heavy atom. The van der Waals surface area contributed by atoms with Gasteiger partial charge in [-0.3, -0.25) is 0 Å². The minimum Gasteiger partial charge on any atom is -0.478 e. The van der Waals surface area contributed by atoms with Crippen LogP contribution in [-0.4, -0.2) is 23.7 Å². The fraction of sp³-hybridized carbons (Fsp3) is 0.417. The third-order valence-corrected chi connectivity index (χ3v) is 3.32. The number of nitrogens with zero attached hydrogens (tertiary/aromatic N) is 1. The van der Waals surface area contributed by atoms with Crippen LogP contribution in [0.5, 0.6) is 0 Å². The smallest absolute Gasteiger partial charge is 0.337 e. The molecule has 1 fully saturated rings. The van der Waals surface area contributed by atoms with E-state index in [1.54, 1.807) is 12.1 Å². The van der Waals surface area contributed by atoms with E-state index in [1.807, 2.05) is 6.07 Å². The quantitative estimate of drug-likeness (QED) is 0.923. The van der Waals surface area contributed by atoms with Crippen LogP contribution in [0.3, 0.4) is 0 Å². The highest BCUT2D eigenvalue weighted by atomic mass is 79.9. The number of hydrogen-bond acceptors (Lipinski definition) is 2. The molecular weight excluding hydrogens is 270 g/mol. The van der Waals surface area contributed by atoms with Crippen molar-refractivity contribution in [2.75, 3.05) is 11.4 Å². The average Bonchev–Trinajstić information content (AvgIpc) is 3.03. The molecule has 0 amide bonds. The maximum Gasteiger partial charge on any atom is 0.337 e. The Balaban J connectivity index is 2.42. The maximum atomic E-state index is 11.2. The molecule has 1 aliphatic rings. The summed E-state index contributed by atoms with van der Waals surface area (Å²) in [5.41, 5.74) is 1.21. The van der Waals surface area contributed by atoms with Gasteiger partial charge in [-0.1, -0.05) is 15.9 Å². The third kappa shape index (κ3) is 2.21. The van der Waals surface area contributed by atoms with Crippen molar-refractivity contribution in [3.8, 4) is 0 Å². The third-order valence-electron chi connectivity index (χ3n) is 2.83. The Morgan fingerprint density at radius 1 is 1.56 bits per heavy atom. The number of carbonyl (C=O) groups is 1. The number of carboxylic acids is 1. The van der Waals surface area contributed by atoms with Gasteiger partial charge in [-0.25, -0.2) is 4.79 Å². The van der Waals surface area contributed by atoms with Crippen molar-refractivity contribution in [2.24, 2.45) is 0 Å². The van der Waals surface area contributed by atoms with E-state index in [1.165, 1.54) is 12.8 Å². The summed E-state index contributed by atoms with van der Waals surface area (Å²) in [6, 6.07) is 5.85. The second kappa shape index (κ2) is 4.45. The number of halogens is 1. The molecule has 0 aliphatic heterocycles. The molecule has 1 aromatic rings. The van der Waals surface area contributed by atoms with Gasteiger partial charge in [0.2, 0.25) is 0 Å². The van der Waals surface area contributed by atoms with E-state index in [9.17, 15) is 4.79 Å². The highest BCUT2D eigenvalue weighted by molar-refractivity contribution is 9.10. The van der Waals surface area contributed by atoms with Gasteiger partial charge in [-0.15, -0.1) is 0 Å². The molecule has 1 aliphatic carbocycles. The molecule has 0 spiro atoms. The lowest BCUT2D eigenvalue weighted by Crippen LogP contribution is -2.27. The largest absolute Gasteiger partial charge is 0.478 e. The lowest BCUT2D eigenvalue weighted by molar-refractivity contribution is 0.0697. The van der Waals surface area contributed by atoms with Crippen molar-refractivity contribution >= 4 is 27.6 Å². The first-order chi connectivity index (χ1) is 7.63. The van der Waals surface area contributed by atoms with Gasteiger partial charge in [0.05, 0.1) is 11.3 Å². The normalized spacial score (nSPS) is 14.9. The van der Waals surface area contributed by atoms with E-state index in [-0.39, 0.29) is 0 Å². The molecule has 3 nitrogen and oxygen atoms in total. The van der Waals surface area contributed by atoms with Gasteiger partial charge in [0.15, 0.2) is 0 Å². The highest BCUT2D eigenvalue weighted by Gasteiger charge is 2.30. The number of benzene rings is 1. The summed E-state index contributed by atoms with van der Waals surface area (Å²) in [5.74, 6) is -0.860. The van der Waals surface area contributed by atoms with E-state index in [2.05, 4.69) is 27.8 Å². The van der Waals surface area contributed by atoms with Gasteiger partial charge in [0.1, 0.15) is 0 Å². The van der Waals surface area contributed by atoms with Crippen LogP contribution in [0.2, 0.25) is 0 Å². The Bertz CT molecular complexity index is 415. The summed E-state index contributed by atoms with van der Waals surface area (Å²) in [6.07, 6.45) is 2.33. The summed E-state index contributed by atoms with van der Waals surface area (Å²) in [6.45, 7) is 2.91. The summed E-state index contributed by atoms with van der Waals surface area (Å²) in [7, 11) is 0. The zero-order chi connectivity index (χ0) is 11.7. The lowest BCUT2D eigenvalue weighted by Gasteiger charge is -2.24. The fourth-order valence-electron chi connectivity index (χ4n) is 1.93. The number of hydrogen-bond donors (Lipinski definition) is 1. The molecule has 0 saturated heterocycles. The molecule has 1 N–H and O–H groups in total. The van der Waals surface area contributed by atoms with Crippen LogP contribution in [0.25, 0.3) is 0 Å². The van der Waals surface area contributed by atoms with Crippen molar-refractivity contribution in [3.63, 3.8) is 0 Å². The summed E-state index contributed by atoms with van der Waals surface area (Å²) >= 11 is 3.39. The predicted molar refractivity (Wildman–Crippen MR) is 67.1 cm³/mol. The van der Waals surface area contributed by atoms with Crippen molar-refractivity contribution in [1.82, 2.24) is 0 Å². The molecule has 2 rings (SSSR count). The number of anilines is 1. The van der Waals surface area contributed by atoms with Crippen LogP contribution < -0.4 is 4.90 Å². The number of carboxylic acid groups (broad SMARTS) is 1. The highest BCUT2D eigenvalue weighted by Crippen LogP contribution is 2.34. The molecule has 86 valence electrons. The fourth-order valence-corrected chi connectivity index (χ4v) is 2.28. The average molecular weight is 284 g/mol. The Kier molecular flexibility index (Phi) is 3.19. The summed E-state index contributed by atoms with van der Waals surface area (Å²) in [5, 5.41) is 9.16.